The second-order valence-corrected chi connectivity index (χ2v) is 3.99. The van der Waals surface area contributed by atoms with Crippen LogP contribution in [0.2, 0.25) is 0 Å². The highest BCUT2D eigenvalue weighted by molar-refractivity contribution is 7.98. The lowest BCUT2D eigenvalue weighted by Gasteiger charge is -2.13. The Kier molecular flexibility index (Phi) is 5.34. The molecule has 0 fully saturated rings. The molecule has 90 valence electrons. The van der Waals surface area contributed by atoms with Gasteiger partial charge >= 0.3 is 0 Å². The molecule has 16 heavy (non-hydrogen) atoms. The van der Waals surface area contributed by atoms with Gasteiger partial charge in [-0.3, -0.25) is 0 Å². The Labute approximate surface area is 100.0 Å². The summed E-state index contributed by atoms with van der Waals surface area (Å²) in [5.74, 6) is 1.31. The minimum Gasteiger partial charge on any atom is -0.472 e. The molecule has 1 rings (SSSR count). The highest BCUT2D eigenvalue weighted by atomic mass is 32.2. The molecule has 1 heterocycles. The maximum atomic E-state index is 5.61. The van der Waals surface area contributed by atoms with Crippen molar-refractivity contribution >= 4 is 17.6 Å². The molecule has 1 N–H and O–H groups in total. The first-order chi connectivity index (χ1) is 7.69. The summed E-state index contributed by atoms with van der Waals surface area (Å²) in [7, 11) is 3.46. The molecular formula is C10H17N3O2S. The molecule has 1 aromatic rings. The van der Waals surface area contributed by atoms with Crippen molar-refractivity contribution in [3.63, 3.8) is 0 Å². The number of aromatic nitrogens is 2. The van der Waals surface area contributed by atoms with Crippen LogP contribution in [-0.2, 0) is 4.74 Å². The van der Waals surface area contributed by atoms with E-state index in [0.29, 0.717) is 17.6 Å². The van der Waals surface area contributed by atoms with Crippen molar-refractivity contribution in [2.24, 2.45) is 0 Å². The molecule has 0 amide bonds. The second kappa shape index (κ2) is 6.55. The Morgan fingerprint density at radius 1 is 1.50 bits per heavy atom. The van der Waals surface area contributed by atoms with E-state index in [1.54, 1.807) is 13.2 Å². The molecule has 5 nitrogen and oxygen atoms in total. The predicted molar refractivity (Wildman–Crippen MR) is 65.3 cm³/mol. The second-order valence-electron chi connectivity index (χ2n) is 3.21. The van der Waals surface area contributed by atoms with Crippen molar-refractivity contribution in [2.45, 2.75) is 18.2 Å². The van der Waals surface area contributed by atoms with Crippen LogP contribution < -0.4 is 10.1 Å². The van der Waals surface area contributed by atoms with Gasteiger partial charge in [-0.25, -0.2) is 4.98 Å². The topological polar surface area (TPSA) is 56.3 Å². The van der Waals surface area contributed by atoms with Crippen molar-refractivity contribution in [2.75, 3.05) is 32.3 Å². The van der Waals surface area contributed by atoms with Gasteiger partial charge in [0, 0.05) is 20.2 Å². The van der Waals surface area contributed by atoms with Gasteiger partial charge in [-0.2, -0.15) is 4.98 Å². The minimum atomic E-state index is -0.0284. The van der Waals surface area contributed by atoms with E-state index in [1.165, 1.54) is 11.8 Å². The molecule has 0 saturated carbocycles. The fourth-order valence-electron chi connectivity index (χ4n) is 1.16. The third-order valence-corrected chi connectivity index (χ3v) is 2.39. The first-order valence-corrected chi connectivity index (χ1v) is 6.18. The number of hydrogen-bond acceptors (Lipinski definition) is 6. The van der Waals surface area contributed by atoms with Crippen LogP contribution in [0.15, 0.2) is 11.2 Å². The van der Waals surface area contributed by atoms with Crippen molar-refractivity contribution in [1.29, 1.82) is 0 Å². The number of methoxy groups -OCH3 is 1. The predicted octanol–water partition coefficient (Wildman–Crippen LogP) is 1.65. The van der Waals surface area contributed by atoms with Crippen molar-refractivity contribution in [3.8, 4) is 5.88 Å². The molecule has 0 aliphatic heterocycles. The molecule has 6 heteroatoms. The van der Waals surface area contributed by atoms with E-state index in [0.717, 1.165) is 5.82 Å². The number of nitrogens with zero attached hydrogens (tertiary/aromatic N) is 2. The summed E-state index contributed by atoms with van der Waals surface area (Å²) < 4.78 is 10.6. The molecular weight excluding hydrogens is 226 g/mol. The van der Waals surface area contributed by atoms with Gasteiger partial charge in [-0.15, -0.1) is 0 Å². The largest absolute Gasteiger partial charge is 0.472 e. The smallest absolute Gasteiger partial charge is 0.219 e. The van der Waals surface area contributed by atoms with Gasteiger partial charge in [0.2, 0.25) is 5.88 Å². The van der Waals surface area contributed by atoms with Gasteiger partial charge in [0.05, 0.1) is 6.61 Å². The lowest BCUT2D eigenvalue weighted by Crippen LogP contribution is -2.18. The standard InChI is InChI=1S/C10H17N3O2S/c1-7(6-14-3)15-9-5-8(11-2)12-10(13-9)16-4/h5,7H,6H2,1-4H3,(H,11,12,13). The van der Waals surface area contributed by atoms with E-state index in [2.05, 4.69) is 15.3 Å². The number of thioether (sulfide) groups is 1. The quantitative estimate of drug-likeness (QED) is 0.605. The third-order valence-electron chi connectivity index (χ3n) is 1.84. The number of hydrogen-bond donors (Lipinski definition) is 1. The van der Waals surface area contributed by atoms with Crippen LogP contribution in [-0.4, -0.2) is 43.1 Å². The van der Waals surface area contributed by atoms with E-state index in [1.807, 2.05) is 20.2 Å². The number of nitrogens with one attached hydrogen (secondary N) is 1. The summed E-state index contributed by atoms with van der Waals surface area (Å²) in [5, 5.41) is 3.66. The van der Waals surface area contributed by atoms with Gasteiger partial charge < -0.3 is 14.8 Å². The molecule has 0 spiro atoms. The van der Waals surface area contributed by atoms with Crippen LogP contribution in [0.25, 0.3) is 0 Å². The first-order valence-electron chi connectivity index (χ1n) is 4.96. The Hall–Kier alpha value is -1.01. The van der Waals surface area contributed by atoms with E-state index < -0.39 is 0 Å². The van der Waals surface area contributed by atoms with Gasteiger partial charge in [0.15, 0.2) is 5.16 Å². The first kappa shape index (κ1) is 13.1. The lowest BCUT2D eigenvalue weighted by molar-refractivity contribution is 0.0884. The molecule has 1 atom stereocenters. The van der Waals surface area contributed by atoms with Crippen LogP contribution in [0.5, 0.6) is 5.88 Å². The molecule has 0 saturated heterocycles. The van der Waals surface area contributed by atoms with Gasteiger partial charge in [0.1, 0.15) is 11.9 Å². The SMILES string of the molecule is CNc1cc(OC(C)COC)nc(SC)n1. The maximum absolute atomic E-state index is 5.61. The number of anilines is 1. The highest BCUT2D eigenvalue weighted by Gasteiger charge is 2.08. The third kappa shape index (κ3) is 3.86. The zero-order valence-corrected chi connectivity index (χ0v) is 10.8. The van der Waals surface area contributed by atoms with E-state index in [-0.39, 0.29) is 6.10 Å². The van der Waals surface area contributed by atoms with Gasteiger partial charge in [-0.1, -0.05) is 11.8 Å². The van der Waals surface area contributed by atoms with Gasteiger partial charge in [0.25, 0.3) is 0 Å². The molecule has 1 unspecified atom stereocenters. The summed E-state index contributed by atoms with van der Waals surface area (Å²) in [5.41, 5.74) is 0. The van der Waals surface area contributed by atoms with Crippen LogP contribution in [0.3, 0.4) is 0 Å². The van der Waals surface area contributed by atoms with Crippen LogP contribution in [0, 0.1) is 0 Å². The molecule has 1 aromatic heterocycles. The molecule has 0 aliphatic carbocycles. The fraction of sp³-hybridized carbons (Fsp3) is 0.600. The summed E-state index contributed by atoms with van der Waals surface area (Å²) in [6, 6.07) is 1.77. The average molecular weight is 243 g/mol. The normalized spacial score (nSPS) is 12.2. The Balaban J connectivity index is 2.78. The van der Waals surface area contributed by atoms with Crippen LogP contribution in [0.1, 0.15) is 6.92 Å². The molecule has 0 aliphatic rings. The Morgan fingerprint density at radius 2 is 2.25 bits per heavy atom. The summed E-state index contributed by atoms with van der Waals surface area (Å²) in [6.45, 7) is 2.47. The van der Waals surface area contributed by atoms with Crippen LogP contribution in [0.4, 0.5) is 5.82 Å². The summed E-state index contributed by atoms with van der Waals surface area (Å²) in [4.78, 5) is 8.51. The zero-order valence-electron chi connectivity index (χ0n) is 9.98. The summed E-state index contributed by atoms with van der Waals surface area (Å²) >= 11 is 1.48. The van der Waals surface area contributed by atoms with Gasteiger partial charge in [-0.05, 0) is 13.2 Å². The van der Waals surface area contributed by atoms with Crippen LogP contribution >= 0.6 is 11.8 Å². The number of rotatable bonds is 6. The molecule has 0 radical (unpaired) electrons. The van der Waals surface area contributed by atoms with E-state index in [4.69, 9.17) is 9.47 Å². The average Bonchev–Trinajstić information content (AvgIpc) is 2.28. The van der Waals surface area contributed by atoms with E-state index >= 15 is 0 Å². The zero-order chi connectivity index (χ0) is 12.0. The summed E-state index contributed by atoms with van der Waals surface area (Å²) in [6.07, 6.45) is 1.90. The Bertz CT molecular complexity index is 314. The lowest BCUT2D eigenvalue weighted by atomic mass is 10.4. The minimum absolute atomic E-state index is 0.0284. The van der Waals surface area contributed by atoms with E-state index in [9.17, 15) is 0 Å². The monoisotopic (exact) mass is 243 g/mol. The maximum Gasteiger partial charge on any atom is 0.219 e. The van der Waals surface area contributed by atoms with Crippen molar-refractivity contribution in [3.05, 3.63) is 6.07 Å². The highest BCUT2D eigenvalue weighted by Crippen LogP contribution is 2.19. The Morgan fingerprint density at radius 3 is 2.81 bits per heavy atom. The number of ether oxygens (including phenoxy) is 2. The fourth-order valence-corrected chi connectivity index (χ4v) is 1.53. The van der Waals surface area contributed by atoms with Crippen molar-refractivity contribution < 1.29 is 9.47 Å². The molecule has 0 aromatic carbocycles. The molecule has 0 bridgehead atoms. The van der Waals surface area contributed by atoms with Crippen molar-refractivity contribution in [1.82, 2.24) is 9.97 Å².